The van der Waals surface area contributed by atoms with E-state index in [1.54, 1.807) is 17.0 Å². The molecule has 1 aromatic carbocycles. The summed E-state index contributed by atoms with van der Waals surface area (Å²) in [6, 6.07) is 5.37. The molecule has 1 heterocycles. The van der Waals surface area contributed by atoms with Crippen LogP contribution in [0, 0.1) is 0 Å². The zero-order valence-corrected chi connectivity index (χ0v) is 11.8. The molecule has 0 aliphatic heterocycles. The molecule has 3 N–H and O–H groups in total. The first-order chi connectivity index (χ1) is 9.67. The molecule has 0 aliphatic rings. The molecule has 6 heteroatoms. The number of carbonyl (C=O) groups is 1. The van der Waals surface area contributed by atoms with Gasteiger partial charge in [0.05, 0.1) is 12.1 Å². The number of benzene rings is 1. The summed E-state index contributed by atoms with van der Waals surface area (Å²) in [6.45, 7) is 6.21. The van der Waals surface area contributed by atoms with Crippen LogP contribution in [-0.4, -0.2) is 47.3 Å². The molecular weight excluding hydrogens is 256 g/mol. The highest BCUT2D eigenvalue weighted by atomic mass is 16.5. The summed E-state index contributed by atoms with van der Waals surface area (Å²) in [5.74, 6) is -0.107. The molecule has 20 heavy (non-hydrogen) atoms. The first-order valence-electron chi connectivity index (χ1n) is 6.78. The van der Waals surface area contributed by atoms with E-state index in [1.807, 2.05) is 19.9 Å². The van der Waals surface area contributed by atoms with Crippen molar-refractivity contribution >= 4 is 22.5 Å². The van der Waals surface area contributed by atoms with Crippen LogP contribution in [0.2, 0.25) is 0 Å². The Bertz CT molecular complexity index is 594. The van der Waals surface area contributed by atoms with Gasteiger partial charge in [-0.3, -0.25) is 9.89 Å². The first-order valence-corrected chi connectivity index (χ1v) is 6.78. The van der Waals surface area contributed by atoms with E-state index in [2.05, 4.69) is 10.2 Å². The molecule has 2 rings (SSSR count). The van der Waals surface area contributed by atoms with Crippen molar-refractivity contribution in [1.82, 2.24) is 15.1 Å². The third kappa shape index (κ3) is 2.91. The van der Waals surface area contributed by atoms with E-state index in [-0.39, 0.29) is 5.91 Å². The molecule has 0 bridgehead atoms. The number of rotatable bonds is 6. The van der Waals surface area contributed by atoms with E-state index in [4.69, 9.17) is 10.5 Å². The molecule has 0 spiro atoms. The number of ether oxygens (including phenoxy) is 1. The molecule has 6 nitrogen and oxygen atoms in total. The maximum absolute atomic E-state index is 12.5. The van der Waals surface area contributed by atoms with Crippen LogP contribution in [0.5, 0.6) is 0 Å². The van der Waals surface area contributed by atoms with Crippen molar-refractivity contribution < 1.29 is 9.53 Å². The van der Waals surface area contributed by atoms with Gasteiger partial charge in [0, 0.05) is 30.8 Å². The van der Waals surface area contributed by atoms with E-state index in [1.165, 1.54) is 0 Å². The van der Waals surface area contributed by atoms with Crippen LogP contribution in [0.4, 0.5) is 5.69 Å². The number of aromatic amines is 1. The molecular formula is C14H20N4O2. The largest absolute Gasteiger partial charge is 0.399 e. The highest BCUT2D eigenvalue weighted by Crippen LogP contribution is 2.20. The van der Waals surface area contributed by atoms with Gasteiger partial charge in [0.15, 0.2) is 5.69 Å². The number of hydrogen-bond donors (Lipinski definition) is 2. The number of nitrogens with one attached hydrogen (secondary N) is 1. The summed E-state index contributed by atoms with van der Waals surface area (Å²) in [5.41, 5.74) is 7.61. The van der Waals surface area contributed by atoms with Gasteiger partial charge in [-0.2, -0.15) is 5.10 Å². The van der Waals surface area contributed by atoms with Crippen molar-refractivity contribution in [2.45, 2.75) is 13.8 Å². The van der Waals surface area contributed by atoms with Gasteiger partial charge in [-0.05, 0) is 32.0 Å². The lowest BCUT2D eigenvalue weighted by Gasteiger charge is -2.19. The van der Waals surface area contributed by atoms with Gasteiger partial charge in [0.25, 0.3) is 5.91 Å². The van der Waals surface area contributed by atoms with E-state index in [0.717, 1.165) is 10.9 Å². The summed E-state index contributed by atoms with van der Waals surface area (Å²) in [6.07, 6.45) is 0. The number of amides is 1. The Morgan fingerprint density at radius 3 is 2.95 bits per heavy atom. The van der Waals surface area contributed by atoms with E-state index in [0.29, 0.717) is 37.7 Å². The summed E-state index contributed by atoms with van der Waals surface area (Å²) < 4.78 is 5.30. The molecule has 2 aromatic rings. The topological polar surface area (TPSA) is 84.2 Å². The zero-order chi connectivity index (χ0) is 14.5. The molecule has 1 amide bonds. The second kappa shape index (κ2) is 6.38. The van der Waals surface area contributed by atoms with Crippen LogP contribution in [-0.2, 0) is 4.74 Å². The predicted octanol–water partition coefficient (Wildman–Crippen LogP) is 1.64. The number of carbonyl (C=O) groups excluding carboxylic acids is 1. The lowest BCUT2D eigenvalue weighted by Crippen LogP contribution is -2.34. The molecule has 0 saturated heterocycles. The van der Waals surface area contributed by atoms with Crippen molar-refractivity contribution in [3.8, 4) is 0 Å². The van der Waals surface area contributed by atoms with Crippen LogP contribution < -0.4 is 5.73 Å². The fraction of sp³-hybridized carbons (Fsp3) is 0.429. The monoisotopic (exact) mass is 276 g/mol. The Kier molecular flexibility index (Phi) is 4.57. The SMILES string of the molecule is CCOCCN(CC)C(=O)c1n[nH]c2ccc(N)cc12. The number of nitrogen functional groups attached to an aromatic ring is 1. The Morgan fingerprint density at radius 1 is 1.45 bits per heavy atom. The van der Waals surface area contributed by atoms with Gasteiger partial charge < -0.3 is 15.4 Å². The lowest BCUT2D eigenvalue weighted by atomic mass is 10.1. The van der Waals surface area contributed by atoms with Crippen molar-refractivity contribution in [3.63, 3.8) is 0 Å². The molecule has 108 valence electrons. The van der Waals surface area contributed by atoms with Crippen molar-refractivity contribution in [3.05, 3.63) is 23.9 Å². The highest BCUT2D eigenvalue weighted by Gasteiger charge is 2.19. The fourth-order valence-electron chi connectivity index (χ4n) is 2.07. The summed E-state index contributed by atoms with van der Waals surface area (Å²) in [7, 11) is 0. The van der Waals surface area contributed by atoms with Gasteiger partial charge in [-0.15, -0.1) is 0 Å². The standard InChI is InChI=1S/C14H20N4O2/c1-3-18(7-8-20-4-2)14(19)13-11-9-10(15)5-6-12(11)16-17-13/h5-6,9H,3-4,7-8,15H2,1-2H3,(H,16,17). The number of nitrogens with two attached hydrogens (primary N) is 1. The van der Waals surface area contributed by atoms with Gasteiger partial charge >= 0.3 is 0 Å². The number of hydrogen-bond acceptors (Lipinski definition) is 4. The normalized spacial score (nSPS) is 10.9. The number of H-pyrrole nitrogens is 1. The molecule has 1 aromatic heterocycles. The third-order valence-electron chi connectivity index (χ3n) is 3.17. The second-order valence-electron chi connectivity index (χ2n) is 4.46. The molecule has 0 radical (unpaired) electrons. The van der Waals surface area contributed by atoms with Crippen LogP contribution in [0.15, 0.2) is 18.2 Å². The van der Waals surface area contributed by atoms with Gasteiger partial charge in [-0.1, -0.05) is 0 Å². The van der Waals surface area contributed by atoms with Crippen molar-refractivity contribution in [2.75, 3.05) is 32.0 Å². The average Bonchev–Trinajstić information content (AvgIpc) is 2.86. The minimum atomic E-state index is -0.107. The van der Waals surface area contributed by atoms with Gasteiger partial charge in [-0.25, -0.2) is 0 Å². The molecule has 0 saturated carbocycles. The van der Waals surface area contributed by atoms with Crippen LogP contribution in [0.25, 0.3) is 10.9 Å². The van der Waals surface area contributed by atoms with Crippen LogP contribution >= 0.6 is 0 Å². The van der Waals surface area contributed by atoms with Crippen molar-refractivity contribution in [2.24, 2.45) is 0 Å². The second-order valence-corrected chi connectivity index (χ2v) is 4.46. The lowest BCUT2D eigenvalue weighted by molar-refractivity contribution is 0.0665. The Morgan fingerprint density at radius 2 is 2.25 bits per heavy atom. The first kappa shape index (κ1) is 14.3. The Balaban J connectivity index is 2.22. The minimum absolute atomic E-state index is 0.107. The Hall–Kier alpha value is -2.08. The fourth-order valence-corrected chi connectivity index (χ4v) is 2.07. The highest BCUT2D eigenvalue weighted by molar-refractivity contribution is 6.05. The average molecular weight is 276 g/mol. The quantitative estimate of drug-likeness (QED) is 0.620. The van der Waals surface area contributed by atoms with Crippen molar-refractivity contribution in [1.29, 1.82) is 0 Å². The van der Waals surface area contributed by atoms with E-state index in [9.17, 15) is 4.79 Å². The molecule has 0 atom stereocenters. The number of fused-ring (bicyclic) bond motifs is 1. The van der Waals surface area contributed by atoms with Gasteiger partial charge in [0.2, 0.25) is 0 Å². The van der Waals surface area contributed by atoms with Crippen LogP contribution in [0.3, 0.4) is 0 Å². The smallest absolute Gasteiger partial charge is 0.275 e. The number of likely N-dealkylation sites (N-methyl/N-ethyl adjacent to an activating group) is 1. The Labute approximate surface area is 117 Å². The predicted molar refractivity (Wildman–Crippen MR) is 78.6 cm³/mol. The third-order valence-corrected chi connectivity index (χ3v) is 3.17. The van der Waals surface area contributed by atoms with E-state index < -0.39 is 0 Å². The maximum atomic E-state index is 12.5. The number of nitrogens with zero attached hydrogens (tertiary/aromatic N) is 2. The zero-order valence-electron chi connectivity index (χ0n) is 11.8. The van der Waals surface area contributed by atoms with Gasteiger partial charge in [0.1, 0.15) is 0 Å². The molecule has 0 aliphatic carbocycles. The number of aromatic nitrogens is 2. The maximum Gasteiger partial charge on any atom is 0.275 e. The molecule has 0 unspecified atom stereocenters. The summed E-state index contributed by atoms with van der Waals surface area (Å²) in [4.78, 5) is 14.2. The molecule has 0 fully saturated rings. The minimum Gasteiger partial charge on any atom is -0.399 e. The van der Waals surface area contributed by atoms with Crippen LogP contribution in [0.1, 0.15) is 24.3 Å². The summed E-state index contributed by atoms with van der Waals surface area (Å²) in [5, 5.41) is 7.73. The van der Waals surface area contributed by atoms with E-state index >= 15 is 0 Å². The summed E-state index contributed by atoms with van der Waals surface area (Å²) >= 11 is 0. The number of anilines is 1.